The fourth-order valence-electron chi connectivity index (χ4n) is 0.657. The third kappa shape index (κ3) is 1.67. The number of aromatic carboxylic acids is 1. The van der Waals surface area contributed by atoms with E-state index in [-0.39, 0.29) is 5.76 Å². The number of carbonyl (C=O) groups is 1. The monoisotopic (exact) mass is 153 g/mol. The molecule has 1 aromatic rings. The molecule has 0 aliphatic rings. The van der Waals surface area contributed by atoms with Gasteiger partial charge in [0.05, 0.1) is 5.69 Å². The summed E-state index contributed by atoms with van der Waals surface area (Å²) in [6, 6.07) is 1.38. The third-order valence-electron chi connectivity index (χ3n) is 1.12. The minimum Gasteiger partial charge on any atom is -0.475 e. The van der Waals surface area contributed by atoms with Gasteiger partial charge < -0.3 is 9.63 Å². The van der Waals surface area contributed by atoms with Crippen molar-refractivity contribution in [1.29, 1.82) is 0 Å². The quantitative estimate of drug-likeness (QED) is 0.660. The first-order valence-electron chi connectivity index (χ1n) is 3.04. The first-order valence-corrected chi connectivity index (χ1v) is 3.04. The molecular weight excluding hydrogens is 146 g/mol. The van der Waals surface area contributed by atoms with E-state index in [0.717, 1.165) is 0 Å². The highest BCUT2D eigenvalue weighted by Gasteiger charge is 2.09. The van der Waals surface area contributed by atoms with E-state index in [0.29, 0.717) is 12.1 Å². The molecule has 0 radical (unpaired) electrons. The number of aromatic nitrogens is 1. The van der Waals surface area contributed by atoms with Crippen molar-refractivity contribution < 1.29 is 14.4 Å². The molecule has 4 heteroatoms. The van der Waals surface area contributed by atoms with E-state index in [9.17, 15) is 4.79 Å². The summed E-state index contributed by atoms with van der Waals surface area (Å²) in [5.41, 5.74) is 0.581. The van der Waals surface area contributed by atoms with Crippen molar-refractivity contribution in [3.63, 3.8) is 0 Å². The Bertz CT molecular complexity index is 277. The van der Waals surface area contributed by atoms with Crippen LogP contribution in [0.15, 0.2) is 23.2 Å². The first-order chi connectivity index (χ1) is 5.24. The van der Waals surface area contributed by atoms with Crippen LogP contribution in [0.5, 0.6) is 0 Å². The second kappa shape index (κ2) is 3.01. The van der Waals surface area contributed by atoms with Crippen LogP contribution in [0.25, 0.3) is 0 Å². The highest BCUT2D eigenvalue weighted by atomic mass is 16.5. The second-order valence-corrected chi connectivity index (χ2v) is 1.98. The van der Waals surface area contributed by atoms with E-state index in [1.54, 1.807) is 6.08 Å². The summed E-state index contributed by atoms with van der Waals surface area (Å²) in [4.78, 5) is 10.3. The van der Waals surface area contributed by atoms with E-state index in [1.165, 1.54) is 6.07 Å². The Hall–Kier alpha value is -1.58. The van der Waals surface area contributed by atoms with Crippen LogP contribution in [0, 0.1) is 0 Å². The van der Waals surface area contributed by atoms with Crippen molar-refractivity contribution in [1.82, 2.24) is 5.16 Å². The molecule has 1 heterocycles. The Morgan fingerprint density at radius 3 is 3.09 bits per heavy atom. The Kier molecular flexibility index (Phi) is 2.06. The molecular formula is C7H7NO3. The number of hydrogen-bond donors (Lipinski definition) is 1. The minimum absolute atomic E-state index is 0.137. The third-order valence-corrected chi connectivity index (χ3v) is 1.12. The average molecular weight is 153 g/mol. The van der Waals surface area contributed by atoms with Gasteiger partial charge in [0.1, 0.15) is 0 Å². The van der Waals surface area contributed by atoms with Crippen molar-refractivity contribution >= 4 is 5.97 Å². The highest BCUT2D eigenvalue weighted by Crippen LogP contribution is 2.03. The molecule has 0 saturated heterocycles. The molecule has 0 aliphatic carbocycles. The largest absolute Gasteiger partial charge is 0.475 e. The van der Waals surface area contributed by atoms with Crippen molar-refractivity contribution in [3.8, 4) is 0 Å². The van der Waals surface area contributed by atoms with Crippen LogP contribution in [-0.4, -0.2) is 16.2 Å². The maximum absolute atomic E-state index is 10.3. The van der Waals surface area contributed by atoms with Crippen molar-refractivity contribution in [3.05, 3.63) is 30.2 Å². The molecule has 0 atom stereocenters. The van der Waals surface area contributed by atoms with Crippen LogP contribution in [0.2, 0.25) is 0 Å². The van der Waals surface area contributed by atoms with Crippen LogP contribution in [0.4, 0.5) is 0 Å². The smallest absolute Gasteiger partial charge is 0.374 e. The Morgan fingerprint density at radius 2 is 2.64 bits per heavy atom. The lowest BCUT2D eigenvalue weighted by Gasteiger charge is -1.79. The summed E-state index contributed by atoms with van der Waals surface area (Å²) in [7, 11) is 0. The average Bonchev–Trinajstić information content (AvgIpc) is 2.37. The number of carboxylic acids is 1. The van der Waals surface area contributed by atoms with Gasteiger partial charge in [-0.05, 0) is 0 Å². The number of nitrogens with zero attached hydrogens (tertiary/aromatic N) is 1. The molecule has 0 unspecified atom stereocenters. The van der Waals surface area contributed by atoms with Gasteiger partial charge in [-0.1, -0.05) is 11.2 Å². The Balaban J connectivity index is 2.81. The summed E-state index contributed by atoms with van der Waals surface area (Å²) in [6.07, 6.45) is 2.15. The number of carboxylic acid groups (broad SMARTS) is 1. The van der Waals surface area contributed by atoms with Gasteiger partial charge in [-0.2, -0.15) is 0 Å². The van der Waals surface area contributed by atoms with Crippen LogP contribution >= 0.6 is 0 Å². The summed E-state index contributed by atoms with van der Waals surface area (Å²) in [6.45, 7) is 3.48. The fourth-order valence-corrected chi connectivity index (χ4v) is 0.657. The molecule has 0 saturated carbocycles. The maximum Gasteiger partial charge on any atom is 0.374 e. The van der Waals surface area contributed by atoms with Crippen molar-refractivity contribution in [2.24, 2.45) is 0 Å². The van der Waals surface area contributed by atoms with Gasteiger partial charge in [0.2, 0.25) is 5.76 Å². The summed E-state index contributed by atoms with van der Waals surface area (Å²) in [5, 5.41) is 11.9. The molecule has 0 bridgehead atoms. The number of rotatable bonds is 3. The molecule has 0 spiro atoms. The lowest BCUT2D eigenvalue weighted by atomic mass is 10.3. The summed E-state index contributed by atoms with van der Waals surface area (Å²) in [5.74, 6) is -1.24. The molecule has 58 valence electrons. The first kappa shape index (κ1) is 7.53. The number of hydrogen-bond acceptors (Lipinski definition) is 3. The van der Waals surface area contributed by atoms with Crippen molar-refractivity contribution in [2.75, 3.05) is 0 Å². The van der Waals surface area contributed by atoms with E-state index < -0.39 is 5.97 Å². The van der Waals surface area contributed by atoms with Crippen LogP contribution in [0.1, 0.15) is 16.2 Å². The minimum atomic E-state index is -1.10. The van der Waals surface area contributed by atoms with Crippen LogP contribution in [-0.2, 0) is 6.42 Å². The zero-order valence-corrected chi connectivity index (χ0v) is 5.78. The second-order valence-electron chi connectivity index (χ2n) is 1.98. The summed E-state index contributed by atoms with van der Waals surface area (Å²) < 4.78 is 4.48. The molecule has 11 heavy (non-hydrogen) atoms. The SMILES string of the molecule is C=CCc1cc(C(=O)O)on1. The van der Waals surface area contributed by atoms with Crippen LogP contribution in [0.3, 0.4) is 0 Å². The van der Waals surface area contributed by atoms with Gasteiger partial charge in [-0.25, -0.2) is 4.79 Å². The predicted octanol–water partition coefficient (Wildman–Crippen LogP) is 1.10. The summed E-state index contributed by atoms with van der Waals surface area (Å²) >= 11 is 0. The van der Waals surface area contributed by atoms with Gasteiger partial charge in [0, 0.05) is 12.5 Å². The maximum atomic E-state index is 10.3. The fraction of sp³-hybridized carbons (Fsp3) is 0.143. The topological polar surface area (TPSA) is 63.3 Å². The predicted molar refractivity (Wildman–Crippen MR) is 37.4 cm³/mol. The Morgan fingerprint density at radius 1 is 1.91 bits per heavy atom. The van der Waals surface area contributed by atoms with Crippen molar-refractivity contribution in [2.45, 2.75) is 6.42 Å². The lowest BCUT2D eigenvalue weighted by molar-refractivity contribution is 0.0652. The molecule has 0 amide bonds. The normalized spacial score (nSPS) is 9.45. The van der Waals surface area contributed by atoms with Gasteiger partial charge in [0.25, 0.3) is 0 Å². The molecule has 0 fully saturated rings. The zero-order chi connectivity index (χ0) is 8.27. The molecule has 1 aromatic heterocycles. The van der Waals surface area contributed by atoms with Gasteiger partial charge in [-0.15, -0.1) is 6.58 Å². The molecule has 1 rings (SSSR count). The van der Waals surface area contributed by atoms with E-state index in [1.807, 2.05) is 0 Å². The molecule has 0 aromatic carbocycles. The molecule has 0 aliphatic heterocycles. The van der Waals surface area contributed by atoms with Gasteiger partial charge >= 0.3 is 5.97 Å². The van der Waals surface area contributed by atoms with Gasteiger partial charge in [0.15, 0.2) is 0 Å². The van der Waals surface area contributed by atoms with E-state index >= 15 is 0 Å². The molecule has 4 nitrogen and oxygen atoms in total. The number of allylic oxidation sites excluding steroid dienone is 1. The van der Waals surface area contributed by atoms with Gasteiger partial charge in [-0.3, -0.25) is 0 Å². The zero-order valence-electron chi connectivity index (χ0n) is 5.78. The lowest BCUT2D eigenvalue weighted by Crippen LogP contribution is -1.91. The van der Waals surface area contributed by atoms with Crippen LogP contribution < -0.4 is 0 Å². The highest BCUT2D eigenvalue weighted by molar-refractivity contribution is 5.84. The van der Waals surface area contributed by atoms with E-state index in [2.05, 4.69) is 16.3 Å². The standard InChI is InChI=1S/C7H7NO3/c1-2-3-5-4-6(7(9)10)11-8-5/h2,4H,1,3H2,(H,9,10). The Labute approximate surface area is 63.1 Å². The molecule has 1 N–H and O–H groups in total. The van der Waals surface area contributed by atoms with E-state index in [4.69, 9.17) is 5.11 Å².